The summed E-state index contributed by atoms with van der Waals surface area (Å²) < 4.78 is 0.902. The molecule has 0 bridgehead atoms. The number of carbonyl (C=O) groups is 2. The largest absolute Gasteiger partial charge is 0.326 e. The van der Waals surface area contributed by atoms with Gasteiger partial charge >= 0.3 is 0 Å². The molecular weight excluding hydrogens is 379 g/mol. The van der Waals surface area contributed by atoms with Crippen molar-refractivity contribution in [3.05, 3.63) is 57.7 Å². The first-order chi connectivity index (χ1) is 10.1. The van der Waals surface area contributed by atoms with Crippen LogP contribution in [0.4, 0.5) is 11.4 Å². The Balaban J connectivity index is 2.05. The van der Waals surface area contributed by atoms with Crippen LogP contribution in [0.2, 0.25) is 0 Å². The summed E-state index contributed by atoms with van der Waals surface area (Å²) in [5.74, 6) is -0.184. The molecule has 0 atom stereocenters. The maximum Gasteiger partial charge on any atom is 0.256 e. The Bertz CT molecular complexity index is 654. The third-order valence-electron chi connectivity index (χ3n) is 2.87. The van der Waals surface area contributed by atoms with E-state index in [0.717, 1.165) is 3.57 Å². The molecule has 2 amide bonds. The Morgan fingerprint density at radius 2 is 1.52 bits per heavy atom. The molecule has 0 aliphatic carbocycles. The maximum absolute atomic E-state index is 12.2. The molecule has 21 heavy (non-hydrogen) atoms. The molecule has 0 aliphatic rings. The van der Waals surface area contributed by atoms with E-state index in [1.807, 2.05) is 18.2 Å². The second kappa shape index (κ2) is 7.21. The van der Waals surface area contributed by atoms with E-state index >= 15 is 0 Å². The summed E-state index contributed by atoms with van der Waals surface area (Å²) in [6.07, 6.45) is 0.435. The predicted molar refractivity (Wildman–Crippen MR) is 92.5 cm³/mol. The topological polar surface area (TPSA) is 58.2 Å². The second-order valence-corrected chi connectivity index (χ2v) is 5.58. The first-order valence-electron chi connectivity index (χ1n) is 6.56. The summed E-state index contributed by atoms with van der Waals surface area (Å²) in [4.78, 5) is 23.4. The van der Waals surface area contributed by atoms with Gasteiger partial charge in [0.2, 0.25) is 5.91 Å². The highest BCUT2D eigenvalue weighted by atomic mass is 127. The summed E-state index contributed by atoms with van der Waals surface area (Å²) in [5, 5.41) is 5.60. The van der Waals surface area contributed by atoms with Crippen LogP contribution in [0.25, 0.3) is 0 Å². The van der Waals surface area contributed by atoms with Crippen LogP contribution in [-0.2, 0) is 4.79 Å². The second-order valence-electron chi connectivity index (χ2n) is 4.41. The number of rotatable bonds is 4. The number of carbonyl (C=O) groups excluding carboxylic acids is 2. The van der Waals surface area contributed by atoms with Crippen molar-refractivity contribution in [3.63, 3.8) is 0 Å². The Morgan fingerprint density at radius 1 is 0.952 bits per heavy atom. The molecule has 0 aliphatic heterocycles. The highest BCUT2D eigenvalue weighted by molar-refractivity contribution is 14.1. The van der Waals surface area contributed by atoms with E-state index in [4.69, 9.17) is 0 Å². The highest BCUT2D eigenvalue weighted by Crippen LogP contribution is 2.17. The average Bonchev–Trinajstić information content (AvgIpc) is 2.49. The van der Waals surface area contributed by atoms with E-state index in [2.05, 4.69) is 33.2 Å². The smallest absolute Gasteiger partial charge is 0.256 e. The third-order valence-corrected chi connectivity index (χ3v) is 3.81. The number of hydrogen-bond acceptors (Lipinski definition) is 2. The van der Waals surface area contributed by atoms with Crippen LogP contribution in [0.15, 0.2) is 48.5 Å². The van der Waals surface area contributed by atoms with Crippen LogP contribution in [0, 0.1) is 3.57 Å². The Morgan fingerprint density at radius 3 is 2.10 bits per heavy atom. The summed E-state index contributed by atoms with van der Waals surface area (Å²) >= 11 is 2.13. The van der Waals surface area contributed by atoms with Crippen LogP contribution in [-0.4, -0.2) is 11.8 Å². The number of anilines is 2. The van der Waals surface area contributed by atoms with Gasteiger partial charge in [-0.15, -0.1) is 0 Å². The van der Waals surface area contributed by atoms with Crippen molar-refractivity contribution in [3.8, 4) is 0 Å². The molecule has 0 aromatic heterocycles. The number of nitrogens with one attached hydrogen (secondary N) is 2. The summed E-state index contributed by atoms with van der Waals surface area (Å²) in [5.41, 5.74) is 2.05. The Labute approximate surface area is 137 Å². The molecule has 0 heterocycles. The van der Waals surface area contributed by atoms with Crippen molar-refractivity contribution >= 4 is 45.8 Å². The minimum absolute atomic E-state index is 0.0365. The molecule has 108 valence electrons. The molecule has 0 spiro atoms. The van der Waals surface area contributed by atoms with Crippen molar-refractivity contribution < 1.29 is 9.59 Å². The number of benzene rings is 2. The van der Waals surface area contributed by atoms with Gasteiger partial charge < -0.3 is 10.6 Å². The van der Waals surface area contributed by atoms with E-state index in [0.29, 0.717) is 23.4 Å². The zero-order valence-corrected chi connectivity index (χ0v) is 13.7. The molecule has 0 saturated heterocycles. The van der Waals surface area contributed by atoms with Gasteiger partial charge in [0.25, 0.3) is 5.91 Å². The van der Waals surface area contributed by atoms with Gasteiger partial charge in [-0.05, 0) is 59.0 Å². The Hall–Kier alpha value is -1.89. The number of hydrogen-bond donors (Lipinski definition) is 2. The van der Waals surface area contributed by atoms with E-state index in [1.54, 1.807) is 37.3 Å². The molecule has 2 aromatic rings. The molecule has 2 N–H and O–H groups in total. The molecule has 2 aromatic carbocycles. The molecule has 0 saturated carbocycles. The fraction of sp³-hybridized carbons (Fsp3) is 0.125. The van der Waals surface area contributed by atoms with E-state index < -0.39 is 0 Å². The van der Waals surface area contributed by atoms with E-state index in [-0.39, 0.29) is 11.8 Å². The van der Waals surface area contributed by atoms with Gasteiger partial charge in [0.15, 0.2) is 0 Å². The van der Waals surface area contributed by atoms with Crippen LogP contribution in [0.5, 0.6) is 0 Å². The minimum Gasteiger partial charge on any atom is -0.326 e. The van der Waals surface area contributed by atoms with Gasteiger partial charge in [-0.2, -0.15) is 0 Å². The van der Waals surface area contributed by atoms with Gasteiger partial charge in [0.05, 0.1) is 5.56 Å². The van der Waals surface area contributed by atoms with Crippen molar-refractivity contribution in [1.82, 2.24) is 0 Å². The lowest BCUT2D eigenvalue weighted by atomic mass is 10.2. The van der Waals surface area contributed by atoms with Gasteiger partial charge in [0, 0.05) is 21.4 Å². The van der Waals surface area contributed by atoms with Gasteiger partial charge in [0.1, 0.15) is 0 Å². The van der Waals surface area contributed by atoms with Crippen molar-refractivity contribution in [1.29, 1.82) is 0 Å². The van der Waals surface area contributed by atoms with Crippen LogP contribution < -0.4 is 10.6 Å². The van der Waals surface area contributed by atoms with Crippen LogP contribution in [0.1, 0.15) is 23.7 Å². The molecule has 4 nitrogen and oxygen atoms in total. The van der Waals surface area contributed by atoms with Crippen molar-refractivity contribution in [2.75, 3.05) is 10.6 Å². The molecule has 0 unspecified atom stereocenters. The lowest BCUT2D eigenvalue weighted by molar-refractivity contribution is -0.115. The summed E-state index contributed by atoms with van der Waals surface area (Å²) in [6.45, 7) is 1.80. The predicted octanol–water partition coefficient (Wildman–Crippen LogP) is 3.89. The molecule has 0 fully saturated rings. The lowest BCUT2D eigenvalue weighted by Crippen LogP contribution is -2.13. The van der Waals surface area contributed by atoms with Crippen LogP contribution >= 0.6 is 22.6 Å². The zero-order chi connectivity index (χ0) is 15.2. The number of halogens is 1. The molecule has 2 rings (SSSR count). The zero-order valence-electron chi connectivity index (χ0n) is 11.5. The summed E-state index contributed by atoms with van der Waals surface area (Å²) in [6, 6.07) is 14.5. The van der Waals surface area contributed by atoms with Gasteiger partial charge in [-0.1, -0.05) is 19.1 Å². The van der Waals surface area contributed by atoms with Crippen molar-refractivity contribution in [2.24, 2.45) is 0 Å². The fourth-order valence-electron chi connectivity index (χ4n) is 1.73. The van der Waals surface area contributed by atoms with Crippen molar-refractivity contribution in [2.45, 2.75) is 13.3 Å². The minimum atomic E-state index is -0.148. The van der Waals surface area contributed by atoms with Gasteiger partial charge in [-0.25, -0.2) is 0 Å². The monoisotopic (exact) mass is 394 g/mol. The molecule has 5 heteroatoms. The lowest BCUT2D eigenvalue weighted by Gasteiger charge is -2.08. The van der Waals surface area contributed by atoms with E-state index in [9.17, 15) is 9.59 Å². The third kappa shape index (κ3) is 4.29. The normalized spacial score (nSPS) is 10.0. The highest BCUT2D eigenvalue weighted by Gasteiger charge is 2.09. The SMILES string of the molecule is CCC(=O)Nc1ccc(NC(=O)c2ccccc2I)cc1. The number of amides is 2. The standard InChI is InChI=1S/C16H15IN2O2/c1-2-15(20)18-11-7-9-12(10-8-11)19-16(21)13-5-3-4-6-14(13)17/h3-10H,2H2,1H3,(H,18,20)(H,19,21). The maximum atomic E-state index is 12.2. The van der Waals surface area contributed by atoms with E-state index in [1.165, 1.54) is 0 Å². The molecule has 0 radical (unpaired) electrons. The van der Waals surface area contributed by atoms with Crippen LogP contribution in [0.3, 0.4) is 0 Å². The first kappa shape index (κ1) is 15.5. The van der Waals surface area contributed by atoms with Gasteiger partial charge in [-0.3, -0.25) is 9.59 Å². The quantitative estimate of drug-likeness (QED) is 0.774. The first-order valence-corrected chi connectivity index (χ1v) is 7.64. The molecular formula is C16H15IN2O2. The summed E-state index contributed by atoms with van der Waals surface area (Å²) in [7, 11) is 0. The Kier molecular flexibility index (Phi) is 5.32. The fourth-order valence-corrected chi connectivity index (χ4v) is 2.36. The average molecular weight is 394 g/mol.